The molecule has 2 amide bonds. The van der Waals surface area contributed by atoms with Gasteiger partial charge in [0.25, 0.3) is 0 Å². The first-order chi connectivity index (χ1) is 10.7. The Balaban J connectivity index is 2.66. The number of aliphatic hydroxyl groups is 1. The summed E-state index contributed by atoms with van der Waals surface area (Å²) in [4.78, 5) is 11.7. The summed E-state index contributed by atoms with van der Waals surface area (Å²) in [5, 5.41) is 14.0. The zero-order chi connectivity index (χ0) is 17.5. The average molecular weight is 338 g/mol. The van der Waals surface area contributed by atoms with Gasteiger partial charge in [-0.2, -0.15) is 13.2 Å². The van der Waals surface area contributed by atoms with E-state index in [1.807, 2.05) is 6.92 Å². The Morgan fingerprint density at radius 2 is 2.09 bits per heavy atom. The molecule has 3 N–H and O–H groups in total. The minimum Gasteiger partial charge on any atom is -0.482 e. The highest BCUT2D eigenvalue weighted by Crippen LogP contribution is 2.27. The highest BCUT2D eigenvalue weighted by atomic mass is 19.4. The molecule has 0 saturated heterocycles. The van der Waals surface area contributed by atoms with Crippen LogP contribution in [0.15, 0.2) is 18.2 Å². The average Bonchev–Trinajstić information content (AvgIpc) is 2.43. The second-order valence-electron chi connectivity index (χ2n) is 4.82. The van der Waals surface area contributed by atoms with E-state index >= 15 is 0 Å². The van der Waals surface area contributed by atoms with Gasteiger partial charge in [0.1, 0.15) is 11.6 Å². The van der Waals surface area contributed by atoms with Gasteiger partial charge in [-0.25, -0.2) is 9.18 Å². The highest BCUT2D eigenvalue weighted by molar-refractivity contribution is 5.90. The van der Waals surface area contributed by atoms with E-state index in [9.17, 15) is 27.5 Å². The third-order valence-corrected chi connectivity index (χ3v) is 2.70. The molecule has 0 radical (unpaired) electrons. The SMILES string of the molecule is CCCC(O)CNC(=O)Nc1cc(F)ccc1OCC(F)(F)F. The maximum Gasteiger partial charge on any atom is 0.422 e. The molecule has 0 saturated carbocycles. The largest absolute Gasteiger partial charge is 0.482 e. The number of urea groups is 1. The highest BCUT2D eigenvalue weighted by Gasteiger charge is 2.29. The van der Waals surface area contributed by atoms with Crippen LogP contribution in [0.5, 0.6) is 5.75 Å². The van der Waals surface area contributed by atoms with E-state index in [2.05, 4.69) is 15.4 Å². The molecule has 0 aliphatic rings. The normalized spacial score (nSPS) is 12.6. The summed E-state index contributed by atoms with van der Waals surface area (Å²) < 4.78 is 54.2. The molecular formula is C14H18F4N2O3. The second-order valence-corrected chi connectivity index (χ2v) is 4.82. The maximum atomic E-state index is 13.2. The number of hydrogen-bond donors (Lipinski definition) is 3. The number of nitrogens with one attached hydrogen (secondary N) is 2. The predicted octanol–water partition coefficient (Wildman–Crippen LogP) is 3.05. The maximum absolute atomic E-state index is 13.2. The van der Waals surface area contributed by atoms with Crippen molar-refractivity contribution in [2.45, 2.75) is 32.0 Å². The molecule has 0 heterocycles. The zero-order valence-corrected chi connectivity index (χ0v) is 12.4. The van der Waals surface area contributed by atoms with Gasteiger partial charge in [0.05, 0.1) is 11.8 Å². The van der Waals surface area contributed by atoms with Gasteiger partial charge in [-0.15, -0.1) is 0 Å². The van der Waals surface area contributed by atoms with E-state index in [4.69, 9.17) is 0 Å². The van der Waals surface area contributed by atoms with Gasteiger partial charge >= 0.3 is 12.2 Å². The number of halogens is 4. The Morgan fingerprint density at radius 3 is 2.70 bits per heavy atom. The number of ether oxygens (including phenoxy) is 1. The smallest absolute Gasteiger partial charge is 0.422 e. The van der Waals surface area contributed by atoms with Crippen LogP contribution in [0.25, 0.3) is 0 Å². The molecule has 0 aromatic heterocycles. The first kappa shape index (κ1) is 19.0. The van der Waals surface area contributed by atoms with Gasteiger partial charge < -0.3 is 20.5 Å². The number of alkyl halides is 3. The number of carbonyl (C=O) groups is 1. The van der Waals surface area contributed by atoms with Gasteiger partial charge in [-0.3, -0.25) is 0 Å². The molecule has 0 fully saturated rings. The fraction of sp³-hybridized carbons (Fsp3) is 0.500. The third kappa shape index (κ3) is 7.68. The van der Waals surface area contributed by atoms with Crippen LogP contribution < -0.4 is 15.4 Å². The van der Waals surface area contributed by atoms with Crippen LogP contribution >= 0.6 is 0 Å². The lowest BCUT2D eigenvalue weighted by atomic mass is 10.2. The van der Waals surface area contributed by atoms with Crippen molar-refractivity contribution in [3.63, 3.8) is 0 Å². The van der Waals surface area contributed by atoms with E-state index in [1.165, 1.54) is 0 Å². The first-order valence-electron chi connectivity index (χ1n) is 6.93. The molecule has 0 spiro atoms. The zero-order valence-electron chi connectivity index (χ0n) is 12.4. The second kappa shape index (κ2) is 8.56. The number of carbonyl (C=O) groups excluding carboxylic acids is 1. The summed E-state index contributed by atoms with van der Waals surface area (Å²) >= 11 is 0. The van der Waals surface area contributed by atoms with Crippen molar-refractivity contribution < 1.29 is 32.2 Å². The lowest BCUT2D eigenvalue weighted by molar-refractivity contribution is -0.153. The minimum absolute atomic E-state index is 0.0340. The molecule has 23 heavy (non-hydrogen) atoms. The molecule has 1 rings (SSSR count). The van der Waals surface area contributed by atoms with Crippen molar-refractivity contribution in [1.29, 1.82) is 0 Å². The van der Waals surface area contributed by atoms with E-state index in [-0.39, 0.29) is 18.0 Å². The Hall–Kier alpha value is -2.03. The topological polar surface area (TPSA) is 70.6 Å². The van der Waals surface area contributed by atoms with Gasteiger partial charge in [0, 0.05) is 12.6 Å². The van der Waals surface area contributed by atoms with Gasteiger partial charge in [-0.1, -0.05) is 13.3 Å². The van der Waals surface area contributed by atoms with Crippen molar-refractivity contribution in [1.82, 2.24) is 5.32 Å². The molecule has 1 aromatic rings. The summed E-state index contributed by atoms with van der Waals surface area (Å²) in [6, 6.07) is 1.96. The quantitative estimate of drug-likeness (QED) is 0.669. The Labute approximate surface area is 130 Å². The van der Waals surface area contributed by atoms with E-state index in [0.717, 1.165) is 24.6 Å². The molecule has 0 aliphatic carbocycles. The third-order valence-electron chi connectivity index (χ3n) is 2.70. The Morgan fingerprint density at radius 1 is 1.39 bits per heavy atom. The molecule has 1 aromatic carbocycles. The summed E-state index contributed by atoms with van der Waals surface area (Å²) in [6.45, 7) is 0.262. The molecular weight excluding hydrogens is 320 g/mol. The van der Waals surface area contributed by atoms with E-state index in [1.54, 1.807) is 0 Å². The Kier molecular flexibility index (Phi) is 7.08. The number of hydrogen-bond acceptors (Lipinski definition) is 3. The van der Waals surface area contributed by atoms with E-state index < -0.39 is 30.7 Å². The Bertz CT molecular complexity index is 523. The summed E-state index contributed by atoms with van der Waals surface area (Å²) in [5.41, 5.74) is -0.239. The predicted molar refractivity (Wildman–Crippen MR) is 75.9 cm³/mol. The number of aliphatic hydroxyl groups excluding tert-OH is 1. The molecule has 5 nitrogen and oxygen atoms in total. The minimum atomic E-state index is -4.56. The van der Waals surface area contributed by atoms with Crippen LogP contribution in [-0.4, -0.2) is 36.6 Å². The van der Waals surface area contributed by atoms with Crippen molar-refractivity contribution in [2.24, 2.45) is 0 Å². The van der Waals surface area contributed by atoms with Crippen LogP contribution in [0.3, 0.4) is 0 Å². The van der Waals surface area contributed by atoms with Crippen molar-refractivity contribution in [2.75, 3.05) is 18.5 Å². The molecule has 1 unspecified atom stereocenters. The first-order valence-corrected chi connectivity index (χ1v) is 6.93. The number of anilines is 1. The fourth-order valence-corrected chi connectivity index (χ4v) is 1.70. The molecule has 0 aliphatic heterocycles. The summed E-state index contributed by atoms with van der Waals surface area (Å²) in [6.07, 6.45) is -4.08. The lowest BCUT2D eigenvalue weighted by Gasteiger charge is -2.15. The number of amides is 2. The fourth-order valence-electron chi connectivity index (χ4n) is 1.70. The van der Waals surface area contributed by atoms with Gasteiger partial charge in [0.2, 0.25) is 0 Å². The van der Waals surface area contributed by atoms with Crippen LogP contribution in [0.1, 0.15) is 19.8 Å². The van der Waals surface area contributed by atoms with Crippen molar-refractivity contribution in [3.8, 4) is 5.75 Å². The molecule has 9 heteroatoms. The summed E-state index contributed by atoms with van der Waals surface area (Å²) in [5.74, 6) is -1.06. The lowest BCUT2D eigenvalue weighted by Crippen LogP contribution is -2.35. The van der Waals surface area contributed by atoms with Crippen LogP contribution in [0, 0.1) is 5.82 Å². The van der Waals surface area contributed by atoms with Crippen LogP contribution in [-0.2, 0) is 0 Å². The number of rotatable bonds is 7. The van der Waals surface area contributed by atoms with Gasteiger partial charge in [0.15, 0.2) is 6.61 Å². The van der Waals surface area contributed by atoms with Gasteiger partial charge in [-0.05, 0) is 18.6 Å². The van der Waals surface area contributed by atoms with Crippen molar-refractivity contribution in [3.05, 3.63) is 24.0 Å². The summed E-state index contributed by atoms with van der Waals surface area (Å²) in [7, 11) is 0. The molecule has 1 atom stereocenters. The molecule has 130 valence electrons. The monoisotopic (exact) mass is 338 g/mol. The number of benzene rings is 1. The molecule has 0 bridgehead atoms. The standard InChI is InChI=1S/C14H18F4N2O3/c1-2-3-10(21)7-19-13(22)20-11-6-9(15)4-5-12(11)23-8-14(16,17)18/h4-6,10,21H,2-3,7-8H2,1H3,(H2,19,20,22). The van der Waals surface area contributed by atoms with E-state index in [0.29, 0.717) is 6.42 Å². The van der Waals surface area contributed by atoms with Crippen LogP contribution in [0.2, 0.25) is 0 Å². The van der Waals surface area contributed by atoms with Crippen molar-refractivity contribution >= 4 is 11.7 Å². The van der Waals surface area contributed by atoms with Crippen LogP contribution in [0.4, 0.5) is 28.0 Å².